The number of hydrogen-bond donors (Lipinski definition) is 1. The van der Waals surface area contributed by atoms with Gasteiger partial charge in [0.2, 0.25) is 0 Å². The van der Waals surface area contributed by atoms with Gasteiger partial charge in [0.15, 0.2) is 0 Å². The zero-order valence-electron chi connectivity index (χ0n) is 13.2. The van der Waals surface area contributed by atoms with Gasteiger partial charge in [0.05, 0.1) is 13.2 Å². The summed E-state index contributed by atoms with van der Waals surface area (Å²) in [5.41, 5.74) is 0. The maximum absolute atomic E-state index is 12.0. The molecule has 1 N–H and O–H groups in total. The second-order valence-electron chi connectivity index (χ2n) is 5.02. The molecule has 0 aliphatic rings. The minimum atomic E-state index is -0.633. The van der Waals surface area contributed by atoms with Crippen molar-refractivity contribution in [2.75, 3.05) is 13.2 Å². The van der Waals surface area contributed by atoms with Crippen LogP contribution in [0.15, 0.2) is 0 Å². The van der Waals surface area contributed by atoms with Gasteiger partial charge >= 0.3 is 12.1 Å². The number of rotatable bonds is 10. The second kappa shape index (κ2) is 11.6. The topological polar surface area (TPSA) is 64.6 Å². The highest BCUT2D eigenvalue weighted by Gasteiger charge is 2.27. The fourth-order valence-electron chi connectivity index (χ4n) is 1.65. The fourth-order valence-corrected chi connectivity index (χ4v) is 1.65. The quantitative estimate of drug-likeness (QED) is 0.495. The highest BCUT2D eigenvalue weighted by atomic mass is 16.6. The smallest absolute Gasteiger partial charge is 0.407 e. The van der Waals surface area contributed by atoms with Crippen molar-refractivity contribution in [2.45, 2.75) is 65.8 Å². The average Bonchev–Trinajstić information content (AvgIpc) is 2.46. The van der Waals surface area contributed by atoms with E-state index in [4.69, 9.17) is 9.47 Å². The molecule has 1 amide bonds. The van der Waals surface area contributed by atoms with Crippen molar-refractivity contribution in [3.63, 3.8) is 0 Å². The summed E-state index contributed by atoms with van der Waals surface area (Å²) in [7, 11) is 0. The second-order valence-corrected chi connectivity index (χ2v) is 5.02. The third-order valence-corrected chi connectivity index (χ3v) is 3.17. The van der Waals surface area contributed by atoms with Crippen LogP contribution in [0, 0.1) is 5.92 Å². The fraction of sp³-hybridized carbons (Fsp3) is 0.867. The summed E-state index contributed by atoms with van der Waals surface area (Å²) >= 11 is 0. The van der Waals surface area contributed by atoms with E-state index in [1.54, 1.807) is 0 Å². The Morgan fingerprint density at radius 3 is 2.25 bits per heavy atom. The summed E-state index contributed by atoms with van der Waals surface area (Å²) in [6.45, 7) is 8.66. The standard InChI is InChI=1S/C15H29NO4/c1-5-8-9-11-19-14(17)13(12(4)7-3)16-15(18)20-10-6-2/h12-13H,5-11H2,1-4H3,(H,16,18)/t12?,13-/m0/s1. The van der Waals surface area contributed by atoms with E-state index in [1.165, 1.54) is 0 Å². The molecule has 0 spiro atoms. The molecule has 0 saturated heterocycles. The molecular formula is C15H29NO4. The monoisotopic (exact) mass is 287 g/mol. The van der Waals surface area contributed by atoms with Crippen molar-refractivity contribution in [2.24, 2.45) is 5.92 Å². The summed E-state index contributed by atoms with van der Waals surface area (Å²) in [4.78, 5) is 23.6. The Kier molecular flexibility index (Phi) is 10.8. The van der Waals surface area contributed by atoms with E-state index in [0.29, 0.717) is 13.2 Å². The average molecular weight is 287 g/mol. The maximum Gasteiger partial charge on any atom is 0.407 e. The van der Waals surface area contributed by atoms with E-state index in [0.717, 1.165) is 32.1 Å². The van der Waals surface area contributed by atoms with Gasteiger partial charge in [-0.1, -0.05) is 47.0 Å². The third-order valence-electron chi connectivity index (χ3n) is 3.17. The zero-order valence-corrected chi connectivity index (χ0v) is 13.2. The Bertz CT molecular complexity index is 281. The van der Waals surface area contributed by atoms with E-state index in [1.807, 2.05) is 20.8 Å². The molecule has 0 aromatic rings. The molecular weight excluding hydrogens is 258 g/mol. The number of carbonyl (C=O) groups excluding carboxylic acids is 2. The molecule has 5 nitrogen and oxygen atoms in total. The Labute approximate surface area is 122 Å². The molecule has 0 bridgehead atoms. The predicted octanol–water partition coefficient (Wildman–Crippen LogP) is 3.27. The Morgan fingerprint density at radius 1 is 1.00 bits per heavy atom. The summed E-state index contributed by atoms with van der Waals surface area (Å²) < 4.78 is 10.2. The third kappa shape index (κ3) is 8.02. The molecule has 0 aromatic carbocycles. The first-order valence-electron chi connectivity index (χ1n) is 7.66. The first-order chi connectivity index (χ1) is 9.56. The number of alkyl carbamates (subject to hydrolysis) is 1. The lowest BCUT2D eigenvalue weighted by Crippen LogP contribution is -2.46. The van der Waals surface area contributed by atoms with Gasteiger partial charge in [-0.05, 0) is 18.8 Å². The molecule has 0 aliphatic heterocycles. The first kappa shape index (κ1) is 18.7. The van der Waals surface area contributed by atoms with Gasteiger partial charge in [-0.15, -0.1) is 0 Å². The van der Waals surface area contributed by atoms with Crippen molar-refractivity contribution >= 4 is 12.1 Å². The Morgan fingerprint density at radius 2 is 1.70 bits per heavy atom. The highest BCUT2D eigenvalue weighted by molar-refractivity contribution is 5.81. The van der Waals surface area contributed by atoms with Crippen LogP contribution in [0.1, 0.15) is 59.8 Å². The minimum Gasteiger partial charge on any atom is -0.464 e. The zero-order chi connectivity index (χ0) is 15.4. The van der Waals surface area contributed by atoms with Gasteiger partial charge in [0, 0.05) is 0 Å². The Hall–Kier alpha value is -1.26. The molecule has 1 unspecified atom stereocenters. The number of hydrogen-bond acceptors (Lipinski definition) is 4. The number of nitrogens with one attached hydrogen (secondary N) is 1. The molecule has 0 aromatic heterocycles. The van der Waals surface area contributed by atoms with Gasteiger partial charge in [-0.3, -0.25) is 0 Å². The largest absolute Gasteiger partial charge is 0.464 e. The molecule has 0 rings (SSSR count). The van der Waals surface area contributed by atoms with Crippen LogP contribution in [0.5, 0.6) is 0 Å². The van der Waals surface area contributed by atoms with Crippen LogP contribution >= 0.6 is 0 Å². The van der Waals surface area contributed by atoms with Crippen LogP contribution in [0.4, 0.5) is 4.79 Å². The number of unbranched alkanes of at least 4 members (excludes halogenated alkanes) is 2. The molecule has 0 fully saturated rings. The molecule has 20 heavy (non-hydrogen) atoms. The number of carbonyl (C=O) groups is 2. The van der Waals surface area contributed by atoms with Crippen LogP contribution in [0.25, 0.3) is 0 Å². The summed E-state index contributed by atoms with van der Waals surface area (Å²) in [6.07, 6.45) is 3.95. The molecule has 5 heteroatoms. The summed E-state index contributed by atoms with van der Waals surface area (Å²) in [5.74, 6) is -0.355. The van der Waals surface area contributed by atoms with Gasteiger partial charge in [-0.25, -0.2) is 9.59 Å². The van der Waals surface area contributed by atoms with Crippen LogP contribution in [0.2, 0.25) is 0 Å². The molecule has 0 saturated carbocycles. The summed E-state index contributed by atoms with van der Waals surface area (Å²) in [5, 5.41) is 2.61. The lowest BCUT2D eigenvalue weighted by Gasteiger charge is -2.22. The van der Waals surface area contributed by atoms with Crippen LogP contribution in [0.3, 0.4) is 0 Å². The van der Waals surface area contributed by atoms with Crippen molar-refractivity contribution in [3.05, 3.63) is 0 Å². The van der Waals surface area contributed by atoms with Crippen molar-refractivity contribution < 1.29 is 19.1 Å². The van der Waals surface area contributed by atoms with Crippen molar-refractivity contribution in [1.29, 1.82) is 0 Å². The molecule has 2 atom stereocenters. The van der Waals surface area contributed by atoms with E-state index in [2.05, 4.69) is 12.2 Å². The van der Waals surface area contributed by atoms with E-state index in [9.17, 15) is 9.59 Å². The number of ether oxygens (including phenoxy) is 2. The van der Waals surface area contributed by atoms with E-state index < -0.39 is 12.1 Å². The lowest BCUT2D eigenvalue weighted by molar-refractivity contribution is -0.147. The molecule has 0 aliphatic carbocycles. The van der Waals surface area contributed by atoms with Crippen LogP contribution in [-0.2, 0) is 14.3 Å². The van der Waals surface area contributed by atoms with Crippen LogP contribution < -0.4 is 5.32 Å². The number of esters is 1. The minimum absolute atomic E-state index is 0.0165. The lowest BCUT2D eigenvalue weighted by atomic mass is 9.99. The first-order valence-corrected chi connectivity index (χ1v) is 7.66. The highest BCUT2D eigenvalue weighted by Crippen LogP contribution is 2.10. The Balaban J connectivity index is 4.32. The van der Waals surface area contributed by atoms with Gasteiger partial charge in [-0.2, -0.15) is 0 Å². The number of amides is 1. The van der Waals surface area contributed by atoms with Crippen molar-refractivity contribution in [3.8, 4) is 0 Å². The van der Waals surface area contributed by atoms with E-state index >= 15 is 0 Å². The molecule has 0 heterocycles. The maximum atomic E-state index is 12.0. The van der Waals surface area contributed by atoms with Crippen molar-refractivity contribution in [1.82, 2.24) is 5.32 Å². The van der Waals surface area contributed by atoms with Crippen LogP contribution in [-0.4, -0.2) is 31.3 Å². The normalized spacial score (nSPS) is 13.4. The van der Waals surface area contributed by atoms with E-state index in [-0.39, 0.29) is 11.9 Å². The van der Waals surface area contributed by atoms with Gasteiger partial charge < -0.3 is 14.8 Å². The summed E-state index contributed by atoms with van der Waals surface area (Å²) in [6, 6.07) is -0.633. The van der Waals surface area contributed by atoms with Gasteiger partial charge in [0.1, 0.15) is 6.04 Å². The molecule has 118 valence electrons. The van der Waals surface area contributed by atoms with Gasteiger partial charge in [0.25, 0.3) is 0 Å². The SMILES string of the molecule is CCCCCOC(=O)[C@@H](NC(=O)OCCC)C(C)CC. The molecule has 0 radical (unpaired) electrons. The predicted molar refractivity (Wildman–Crippen MR) is 78.5 cm³/mol.